The first-order chi connectivity index (χ1) is 8.91. The molecule has 0 fully saturated rings. The Labute approximate surface area is 116 Å². The molecule has 0 unspecified atom stereocenters. The molecule has 0 saturated heterocycles. The Morgan fingerprint density at radius 3 is 2.30 bits per heavy atom. The smallest absolute Gasteiger partial charge is 0.381 e. The molecule has 0 N–H and O–H groups in total. The van der Waals surface area contributed by atoms with E-state index in [1.165, 1.54) is 6.08 Å². The lowest BCUT2D eigenvalue weighted by molar-refractivity contribution is -0.0631. The Bertz CT molecular complexity index is 465. The quantitative estimate of drug-likeness (QED) is 0.588. The van der Waals surface area contributed by atoms with Crippen LogP contribution in [0.4, 0.5) is 13.2 Å². The van der Waals surface area contributed by atoms with Gasteiger partial charge in [-0.1, -0.05) is 0 Å². The molecule has 0 bridgehead atoms. The Hall–Kier alpha value is -0.800. The van der Waals surface area contributed by atoms with Crippen molar-refractivity contribution in [3.63, 3.8) is 0 Å². The number of ether oxygens (including phenoxy) is 1. The molecule has 0 amide bonds. The van der Waals surface area contributed by atoms with E-state index in [0.717, 1.165) is 0 Å². The third kappa shape index (κ3) is 5.29. The van der Waals surface area contributed by atoms with Crippen LogP contribution in [0.15, 0.2) is 11.8 Å². The minimum atomic E-state index is -5.57. The molecule has 5 nitrogen and oxygen atoms in total. The Balaban J connectivity index is 2.53. The van der Waals surface area contributed by atoms with Crippen molar-refractivity contribution in [2.24, 2.45) is 0 Å². The van der Waals surface area contributed by atoms with Gasteiger partial charge < -0.3 is 8.92 Å². The molecule has 1 heterocycles. The van der Waals surface area contributed by atoms with Gasteiger partial charge in [-0.3, -0.25) is 4.90 Å². The maximum absolute atomic E-state index is 12.1. The number of hydrogen-bond acceptors (Lipinski definition) is 5. The summed E-state index contributed by atoms with van der Waals surface area (Å²) in [6, 6.07) is 0. The van der Waals surface area contributed by atoms with E-state index in [9.17, 15) is 21.6 Å². The van der Waals surface area contributed by atoms with E-state index in [4.69, 9.17) is 4.74 Å². The monoisotopic (exact) mass is 317 g/mol. The summed E-state index contributed by atoms with van der Waals surface area (Å²) < 4.78 is 67.7. The molecule has 0 aliphatic carbocycles. The first-order valence-electron chi connectivity index (χ1n) is 5.97. The van der Waals surface area contributed by atoms with Crippen LogP contribution in [0, 0.1) is 0 Å². The first kappa shape index (κ1) is 17.3. The normalized spacial score (nSPS) is 18.8. The number of rotatable bonds is 4. The highest BCUT2D eigenvalue weighted by Gasteiger charge is 2.48. The lowest BCUT2D eigenvalue weighted by atomic mass is 10.2. The Kier molecular flexibility index (Phi) is 5.09. The van der Waals surface area contributed by atoms with Gasteiger partial charge in [0.15, 0.2) is 0 Å². The van der Waals surface area contributed by atoms with E-state index in [0.29, 0.717) is 13.3 Å². The van der Waals surface area contributed by atoms with Gasteiger partial charge in [-0.05, 0) is 26.8 Å². The largest absolute Gasteiger partial charge is 0.534 e. The zero-order valence-corrected chi connectivity index (χ0v) is 12.3. The standard InChI is InChI=1S/C11H18F3NO4S/c1-10(2,3)18-8-15-6-4-9(5-7-15)19-20(16,17)11(12,13)14/h4H,5-8H2,1-3H3. The van der Waals surface area contributed by atoms with Crippen LogP contribution in [-0.4, -0.2) is 44.2 Å². The van der Waals surface area contributed by atoms with Gasteiger partial charge in [-0.15, -0.1) is 0 Å². The van der Waals surface area contributed by atoms with Crippen molar-refractivity contribution in [2.45, 2.75) is 38.3 Å². The second-order valence-corrected chi connectivity index (χ2v) is 6.90. The van der Waals surface area contributed by atoms with E-state index in [2.05, 4.69) is 4.18 Å². The molecule has 0 aromatic carbocycles. The van der Waals surface area contributed by atoms with Gasteiger partial charge in [0.2, 0.25) is 0 Å². The van der Waals surface area contributed by atoms with Crippen LogP contribution >= 0.6 is 0 Å². The van der Waals surface area contributed by atoms with Crippen LogP contribution in [-0.2, 0) is 19.0 Å². The molecular formula is C11H18F3NO4S. The summed E-state index contributed by atoms with van der Waals surface area (Å²) in [4.78, 5) is 1.83. The minimum Gasteiger partial charge on any atom is -0.381 e. The maximum Gasteiger partial charge on any atom is 0.534 e. The number of alkyl halides is 3. The topological polar surface area (TPSA) is 55.8 Å². The van der Waals surface area contributed by atoms with Crippen LogP contribution < -0.4 is 0 Å². The van der Waals surface area contributed by atoms with Crippen molar-refractivity contribution in [1.82, 2.24) is 4.90 Å². The molecule has 0 aromatic heterocycles. The average molecular weight is 317 g/mol. The van der Waals surface area contributed by atoms with Crippen molar-refractivity contribution in [1.29, 1.82) is 0 Å². The van der Waals surface area contributed by atoms with Gasteiger partial charge in [-0.2, -0.15) is 21.6 Å². The number of halogens is 3. The Morgan fingerprint density at radius 1 is 1.30 bits per heavy atom. The predicted octanol–water partition coefficient (Wildman–Crippen LogP) is 2.21. The van der Waals surface area contributed by atoms with E-state index in [1.54, 1.807) is 0 Å². The number of hydrogen-bond donors (Lipinski definition) is 0. The van der Waals surface area contributed by atoms with Crippen LogP contribution in [0.2, 0.25) is 0 Å². The van der Waals surface area contributed by atoms with Crippen molar-refractivity contribution in [2.75, 3.05) is 19.8 Å². The van der Waals surface area contributed by atoms with Crippen LogP contribution in [0.1, 0.15) is 27.2 Å². The molecule has 0 radical (unpaired) electrons. The highest BCUT2D eigenvalue weighted by Crippen LogP contribution is 2.28. The molecule has 0 spiro atoms. The molecular weight excluding hydrogens is 299 g/mol. The Morgan fingerprint density at radius 2 is 1.90 bits per heavy atom. The zero-order chi connectivity index (χ0) is 15.6. The van der Waals surface area contributed by atoms with Gasteiger partial charge in [0, 0.05) is 19.5 Å². The molecule has 20 heavy (non-hydrogen) atoms. The van der Waals surface area contributed by atoms with E-state index in [-0.39, 0.29) is 24.3 Å². The fourth-order valence-electron chi connectivity index (χ4n) is 1.36. The maximum atomic E-state index is 12.1. The fourth-order valence-corrected chi connectivity index (χ4v) is 1.89. The molecule has 0 aromatic rings. The van der Waals surface area contributed by atoms with Gasteiger partial charge >= 0.3 is 15.6 Å². The third-order valence-electron chi connectivity index (χ3n) is 2.43. The van der Waals surface area contributed by atoms with Crippen molar-refractivity contribution >= 4 is 10.1 Å². The summed E-state index contributed by atoms with van der Waals surface area (Å²) in [7, 11) is -5.57. The van der Waals surface area contributed by atoms with Crippen LogP contribution in [0.3, 0.4) is 0 Å². The third-order valence-corrected chi connectivity index (χ3v) is 3.43. The second-order valence-electron chi connectivity index (χ2n) is 5.37. The molecule has 0 atom stereocenters. The van der Waals surface area contributed by atoms with Crippen LogP contribution in [0.5, 0.6) is 0 Å². The predicted molar refractivity (Wildman–Crippen MR) is 66.0 cm³/mol. The van der Waals surface area contributed by atoms with Gasteiger partial charge in [0.05, 0.1) is 12.3 Å². The summed E-state index contributed by atoms with van der Waals surface area (Å²) in [6.45, 7) is 6.62. The van der Waals surface area contributed by atoms with E-state index in [1.807, 2.05) is 25.7 Å². The summed E-state index contributed by atoms with van der Waals surface area (Å²) in [5, 5.41) is 0. The van der Waals surface area contributed by atoms with Crippen LogP contribution in [0.25, 0.3) is 0 Å². The highest BCUT2D eigenvalue weighted by molar-refractivity contribution is 7.87. The second kappa shape index (κ2) is 5.90. The lowest BCUT2D eigenvalue weighted by Gasteiger charge is -2.29. The highest BCUT2D eigenvalue weighted by atomic mass is 32.2. The van der Waals surface area contributed by atoms with Crippen molar-refractivity contribution in [3.05, 3.63) is 11.8 Å². The van der Waals surface area contributed by atoms with Gasteiger partial charge in [-0.25, -0.2) is 0 Å². The van der Waals surface area contributed by atoms with Gasteiger partial charge in [0.1, 0.15) is 5.76 Å². The lowest BCUT2D eigenvalue weighted by Crippen LogP contribution is -2.36. The first-order valence-corrected chi connectivity index (χ1v) is 7.38. The van der Waals surface area contributed by atoms with Crippen molar-refractivity contribution < 1.29 is 30.5 Å². The summed E-state index contributed by atoms with van der Waals surface area (Å²) >= 11 is 0. The molecule has 9 heteroatoms. The zero-order valence-electron chi connectivity index (χ0n) is 11.5. The van der Waals surface area contributed by atoms with E-state index < -0.39 is 15.6 Å². The molecule has 1 aliphatic rings. The number of nitrogens with zero attached hydrogens (tertiary/aromatic N) is 1. The molecule has 1 aliphatic heterocycles. The molecule has 0 saturated carbocycles. The van der Waals surface area contributed by atoms with E-state index >= 15 is 0 Å². The minimum absolute atomic E-state index is 0.0861. The van der Waals surface area contributed by atoms with Crippen molar-refractivity contribution in [3.8, 4) is 0 Å². The summed E-state index contributed by atoms with van der Waals surface area (Å²) in [6.07, 6.45) is 1.40. The molecule has 118 valence electrons. The summed E-state index contributed by atoms with van der Waals surface area (Å²) in [5.41, 5.74) is -5.72. The molecule has 1 rings (SSSR count). The van der Waals surface area contributed by atoms with Gasteiger partial charge in [0.25, 0.3) is 0 Å². The average Bonchev–Trinajstić information content (AvgIpc) is 2.25. The summed E-state index contributed by atoms with van der Waals surface area (Å²) in [5.74, 6) is -0.186. The SMILES string of the molecule is CC(C)(C)OCN1CC=C(OS(=O)(=O)C(F)(F)F)CC1. The fraction of sp³-hybridized carbons (Fsp3) is 0.818.